The number of rotatable bonds is 5. The highest BCUT2D eigenvalue weighted by atomic mass is 32.1. The van der Waals surface area contributed by atoms with E-state index in [0.29, 0.717) is 30.7 Å². The molecule has 0 saturated carbocycles. The Hall–Kier alpha value is -1.69. The number of carbonyl (C=O) groups is 1. The zero-order valence-corrected chi connectivity index (χ0v) is 16.2. The summed E-state index contributed by atoms with van der Waals surface area (Å²) in [6, 6.07) is 6.68. The summed E-state index contributed by atoms with van der Waals surface area (Å²) in [6.45, 7) is 10.1. The number of nitrogens with one attached hydrogen (secondary N) is 2. The topological polar surface area (TPSA) is 44.4 Å². The second kappa shape index (κ2) is 8.61. The van der Waals surface area contributed by atoms with Gasteiger partial charge in [-0.25, -0.2) is 4.39 Å². The van der Waals surface area contributed by atoms with Crippen LogP contribution in [-0.4, -0.2) is 41.6 Å². The first kappa shape index (κ1) is 19.6. The summed E-state index contributed by atoms with van der Waals surface area (Å²) in [4.78, 5) is 14.8. The van der Waals surface area contributed by atoms with E-state index in [-0.39, 0.29) is 29.6 Å². The zero-order chi connectivity index (χ0) is 18.6. The van der Waals surface area contributed by atoms with Gasteiger partial charge in [0.1, 0.15) is 5.82 Å². The Balaban J connectivity index is 2.17. The third-order valence-electron chi connectivity index (χ3n) is 4.34. The van der Waals surface area contributed by atoms with Gasteiger partial charge in [0.25, 0.3) is 0 Å². The molecule has 2 N–H and O–H groups in total. The van der Waals surface area contributed by atoms with Gasteiger partial charge in [-0.05, 0) is 49.7 Å². The second-order valence-electron chi connectivity index (χ2n) is 7.41. The van der Waals surface area contributed by atoms with Crippen molar-refractivity contribution in [2.75, 3.05) is 19.6 Å². The van der Waals surface area contributed by atoms with E-state index in [1.54, 1.807) is 12.1 Å². The summed E-state index contributed by atoms with van der Waals surface area (Å²) in [5.74, 6) is -0.0283. The van der Waals surface area contributed by atoms with Crippen molar-refractivity contribution in [1.82, 2.24) is 15.5 Å². The van der Waals surface area contributed by atoms with Crippen molar-refractivity contribution >= 4 is 23.2 Å². The van der Waals surface area contributed by atoms with E-state index in [1.807, 2.05) is 18.7 Å². The Morgan fingerprint density at radius 1 is 1.24 bits per heavy atom. The molecule has 138 valence electrons. The maximum Gasteiger partial charge on any atom is 0.225 e. The van der Waals surface area contributed by atoms with Crippen molar-refractivity contribution in [2.45, 2.75) is 39.7 Å². The third-order valence-corrected chi connectivity index (χ3v) is 4.71. The Labute approximate surface area is 155 Å². The SMILES string of the molecule is CC(C)CNC(=O)[C@H]1CN(C(=S)NC(C)C)C[C@@H]1c1ccc(F)cc1. The highest BCUT2D eigenvalue weighted by molar-refractivity contribution is 7.80. The Morgan fingerprint density at radius 3 is 2.44 bits per heavy atom. The number of halogens is 1. The molecule has 1 aliphatic heterocycles. The molecular formula is C19H28FN3OS. The van der Waals surface area contributed by atoms with Gasteiger partial charge in [-0.15, -0.1) is 0 Å². The van der Waals surface area contributed by atoms with Gasteiger partial charge in [0.2, 0.25) is 5.91 Å². The van der Waals surface area contributed by atoms with Gasteiger partial charge in [-0.1, -0.05) is 26.0 Å². The molecule has 1 saturated heterocycles. The van der Waals surface area contributed by atoms with Crippen LogP contribution in [0.4, 0.5) is 4.39 Å². The first-order valence-corrected chi connectivity index (χ1v) is 9.27. The number of hydrogen-bond acceptors (Lipinski definition) is 2. The van der Waals surface area contributed by atoms with Crippen LogP contribution in [0, 0.1) is 17.7 Å². The molecule has 0 radical (unpaired) electrons. The molecule has 1 aliphatic rings. The normalized spacial score (nSPS) is 20.2. The first-order chi connectivity index (χ1) is 11.8. The van der Waals surface area contributed by atoms with Crippen molar-refractivity contribution < 1.29 is 9.18 Å². The molecule has 1 heterocycles. The van der Waals surface area contributed by atoms with Gasteiger partial charge in [0.15, 0.2) is 5.11 Å². The maximum atomic E-state index is 13.3. The summed E-state index contributed by atoms with van der Waals surface area (Å²) >= 11 is 5.48. The minimum atomic E-state index is -0.267. The summed E-state index contributed by atoms with van der Waals surface area (Å²) < 4.78 is 13.3. The summed E-state index contributed by atoms with van der Waals surface area (Å²) in [5, 5.41) is 6.94. The number of benzene rings is 1. The molecule has 25 heavy (non-hydrogen) atoms. The van der Waals surface area contributed by atoms with Crippen LogP contribution >= 0.6 is 12.2 Å². The molecule has 1 fully saturated rings. The largest absolute Gasteiger partial charge is 0.360 e. The second-order valence-corrected chi connectivity index (χ2v) is 7.80. The van der Waals surface area contributed by atoms with E-state index >= 15 is 0 Å². The average Bonchev–Trinajstić information content (AvgIpc) is 2.98. The summed E-state index contributed by atoms with van der Waals surface area (Å²) in [5.41, 5.74) is 0.973. The molecule has 1 aromatic rings. The van der Waals surface area contributed by atoms with Crippen LogP contribution < -0.4 is 10.6 Å². The van der Waals surface area contributed by atoms with Crippen LogP contribution in [0.2, 0.25) is 0 Å². The first-order valence-electron chi connectivity index (χ1n) is 8.86. The van der Waals surface area contributed by atoms with Crippen LogP contribution in [-0.2, 0) is 4.79 Å². The van der Waals surface area contributed by atoms with E-state index in [0.717, 1.165) is 5.56 Å². The fourth-order valence-electron chi connectivity index (χ4n) is 3.06. The predicted molar refractivity (Wildman–Crippen MR) is 103 cm³/mol. The summed E-state index contributed by atoms with van der Waals surface area (Å²) in [6.07, 6.45) is 0. The lowest BCUT2D eigenvalue weighted by molar-refractivity contribution is -0.125. The van der Waals surface area contributed by atoms with Gasteiger partial charge < -0.3 is 15.5 Å². The van der Waals surface area contributed by atoms with E-state index in [9.17, 15) is 9.18 Å². The van der Waals surface area contributed by atoms with Gasteiger partial charge in [-0.3, -0.25) is 4.79 Å². The molecule has 1 aromatic carbocycles. The Kier molecular flexibility index (Phi) is 6.76. The van der Waals surface area contributed by atoms with Gasteiger partial charge >= 0.3 is 0 Å². The van der Waals surface area contributed by atoms with Crippen LogP contribution in [0.1, 0.15) is 39.2 Å². The lowest BCUT2D eigenvalue weighted by atomic mass is 9.88. The van der Waals surface area contributed by atoms with Crippen molar-refractivity contribution in [3.63, 3.8) is 0 Å². The lowest BCUT2D eigenvalue weighted by Gasteiger charge is -2.22. The highest BCUT2D eigenvalue weighted by Gasteiger charge is 2.39. The fraction of sp³-hybridized carbons (Fsp3) is 0.579. The Morgan fingerprint density at radius 2 is 1.88 bits per heavy atom. The number of amides is 1. The molecule has 6 heteroatoms. The molecule has 0 aromatic heterocycles. The van der Waals surface area contributed by atoms with Crippen molar-refractivity contribution in [3.05, 3.63) is 35.6 Å². The quantitative estimate of drug-likeness (QED) is 0.788. The number of carbonyl (C=O) groups excluding carboxylic acids is 1. The monoisotopic (exact) mass is 365 g/mol. The maximum absolute atomic E-state index is 13.3. The fourth-order valence-corrected chi connectivity index (χ4v) is 3.44. The van der Waals surface area contributed by atoms with Crippen molar-refractivity contribution in [1.29, 1.82) is 0 Å². The van der Waals surface area contributed by atoms with Crippen LogP contribution in [0.15, 0.2) is 24.3 Å². The molecule has 1 amide bonds. The average molecular weight is 366 g/mol. The molecule has 0 spiro atoms. The van der Waals surface area contributed by atoms with E-state index < -0.39 is 0 Å². The summed E-state index contributed by atoms with van der Waals surface area (Å²) in [7, 11) is 0. The minimum Gasteiger partial charge on any atom is -0.360 e. The highest BCUT2D eigenvalue weighted by Crippen LogP contribution is 2.33. The molecule has 2 atom stereocenters. The number of hydrogen-bond donors (Lipinski definition) is 2. The molecule has 2 rings (SSSR count). The smallest absolute Gasteiger partial charge is 0.225 e. The number of nitrogens with zero attached hydrogens (tertiary/aromatic N) is 1. The van der Waals surface area contributed by atoms with Gasteiger partial charge in [0.05, 0.1) is 5.92 Å². The van der Waals surface area contributed by atoms with Crippen molar-refractivity contribution in [3.8, 4) is 0 Å². The third kappa shape index (κ3) is 5.39. The van der Waals surface area contributed by atoms with Crippen LogP contribution in [0.5, 0.6) is 0 Å². The van der Waals surface area contributed by atoms with Gasteiger partial charge in [0, 0.05) is 31.6 Å². The standard InChI is InChI=1S/C19H28FN3OS/c1-12(2)9-21-18(24)17-11-23(19(25)22-13(3)4)10-16(17)14-5-7-15(20)8-6-14/h5-8,12-13,16-17H,9-11H2,1-4H3,(H,21,24)(H,22,25)/t16-,17+/m1/s1. The minimum absolute atomic E-state index is 0.000301. The molecule has 0 aliphatic carbocycles. The van der Waals surface area contributed by atoms with Crippen LogP contribution in [0.25, 0.3) is 0 Å². The molecule has 0 bridgehead atoms. The predicted octanol–water partition coefficient (Wildman–Crippen LogP) is 2.90. The van der Waals surface area contributed by atoms with E-state index in [2.05, 4.69) is 24.5 Å². The molecule has 0 unspecified atom stereocenters. The molecule has 4 nitrogen and oxygen atoms in total. The van der Waals surface area contributed by atoms with E-state index in [1.165, 1.54) is 12.1 Å². The van der Waals surface area contributed by atoms with E-state index in [4.69, 9.17) is 12.2 Å². The lowest BCUT2D eigenvalue weighted by Crippen LogP contribution is -2.42. The van der Waals surface area contributed by atoms with Crippen molar-refractivity contribution in [2.24, 2.45) is 11.8 Å². The number of thiocarbonyl (C=S) groups is 1. The number of likely N-dealkylation sites (tertiary alicyclic amines) is 1. The zero-order valence-electron chi connectivity index (χ0n) is 15.4. The Bertz CT molecular complexity index is 603. The van der Waals surface area contributed by atoms with Crippen LogP contribution in [0.3, 0.4) is 0 Å². The van der Waals surface area contributed by atoms with Gasteiger partial charge in [-0.2, -0.15) is 0 Å². The molecular weight excluding hydrogens is 337 g/mol.